The van der Waals surface area contributed by atoms with Crippen molar-refractivity contribution in [2.45, 2.75) is 13.0 Å². The van der Waals surface area contributed by atoms with Crippen LogP contribution in [0, 0.1) is 0 Å². The minimum absolute atomic E-state index is 0.114. The smallest absolute Gasteiger partial charge is 0.229 e. The van der Waals surface area contributed by atoms with E-state index in [0.29, 0.717) is 22.5 Å². The molecule has 1 aliphatic rings. The summed E-state index contributed by atoms with van der Waals surface area (Å²) in [6.45, 7) is 1.80. The van der Waals surface area contributed by atoms with E-state index < -0.39 is 0 Å². The lowest BCUT2D eigenvalue weighted by molar-refractivity contribution is 0.0907. The Morgan fingerprint density at radius 2 is 1.68 bits per heavy atom. The van der Waals surface area contributed by atoms with Crippen molar-refractivity contribution in [3.63, 3.8) is 0 Å². The van der Waals surface area contributed by atoms with Gasteiger partial charge < -0.3 is 9.15 Å². The van der Waals surface area contributed by atoms with Gasteiger partial charge in [0.1, 0.15) is 11.9 Å². The highest BCUT2D eigenvalue weighted by Gasteiger charge is 2.34. The number of methoxy groups -OCH3 is 1. The number of benzene rings is 1. The molecular formula is C15H12O4. The monoisotopic (exact) mass is 256 g/mol. The molecule has 0 spiro atoms. The maximum atomic E-state index is 12.3. The first-order valence-electron chi connectivity index (χ1n) is 5.98. The van der Waals surface area contributed by atoms with Gasteiger partial charge in [0.2, 0.25) is 5.78 Å². The molecular weight excluding hydrogens is 244 g/mol. The normalized spacial score (nSPS) is 15.1. The molecule has 0 N–H and O–H groups in total. The predicted octanol–water partition coefficient (Wildman–Crippen LogP) is 2.76. The minimum Gasteiger partial charge on any atom is -0.454 e. The van der Waals surface area contributed by atoms with Crippen molar-refractivity contribution in [1.29, 1.82) is 0 Å². The van der Waals surface area contributed by atoms with Gasteiger partial charge in [0.15, 0.2) is 11.5 Å². The molecule has 0 saturated carbocycles. The third-order valence-corrected chi connectivity index (χ3v) is 3.37. The molecule has 96 valence electrons. The summed E-state index contributed by atoms with van der Waals surface area (Å²) in [4.78, 5) is 24.6. The average molecular weight is 256 g/mol. The second kappa shape index (κ2) is 4.17. The van der Waals surface area contributed by atoms with Crippen LogP contribution in [0.4, 0.5) is 0 Å². The van der Waals surface area contributed by atoms with Crippen LogP contribution < -0.4 is 0 Å². The highest BCUT2D eigenvalue weighted by molar-refractivity contribution is 6.27. The molecule has 19 heavy (non-hydrogen) atoms. The van der Waals surface area contributed by atoms with Gasteiger partial charge in [-0.05, 0) is 13.0 Å². The van der Waals surface area contributed by atoms with Crippen LogP contribution in [0.5, 0.6) is 0 Å². The number of hydrogen-bond acceptors (Lipinski definition) is 4. The molecule has 4 nitrogen and oxygen atoms in total. The van der Waals surface area contributed by atoms with Gasteiger partial charge in [0.25, 0.3) is 0 Å². The topological polar surface area (TPSA) is 56.5 Å². The highest BCUT2D eigenvalue weighted by Crippen LogP contribution is 2.31. The van der Waals surface area contributed by atoms with Gasteiger partial charge in [-0.25, -0.2) is 0 Å². The number of furan rings is 1. The van der Waals surface area contributed by atoms with E-state index in [1.807, 2.05) is 0 Å². The zero-order valence-corrected chi connectivity index (χ0v) is 10.6. The molecule has 1 aliphatic carbocycles. The summed E-state index contributed by atoms with van der Waals surface area (Å²) in [6.07, 6.45) is -0.297. The van der Waals surface area contributed by atoms with Crippen LogP contribution in [0.15, 0.2) is 34.7 Å². The standard InChI is InChI=1S/C15H12O4/c1-8(18-2)12-7-11-13(16)9-5-3-4-6-10(9)14(17)15(11)19-12/h3-8H,1-2H3. The van der Waals surface area contributed by atoms with Crippen LogP contribution in [0.2, 0.25) is 0 Å². The number of carbonyl (C=O) groups is 2. The van der Waals surface area contributed by atoms with Gasteiger partial charge in [-0.2, -0.15) is 0 Å². The number of fused-ring (bicyclic) bond motifs is 2. The van der Waals surface area contributed by atoms with Crippen molar-refractivity contribution in [2.75, 3.05) is 7.11 Å². The van der Waals surface area contributed by atoms with E-state index in [2.05, 4.69) is 0 Å². The van der Waals surface area contributed by atoms with E-state index in [1.165, 1.54) is 0 Å². The Morgan fingerprint density at radius 3 is 2.32 bits per heavy atom. The summed E-state index contributed by atoms with van der Waals surface area (Å²) in [5, 5.41) is 0. The van der Waals surface area contributed by atoms with E-state index in [-0.39, 0.29) is 23.4 Å². The van der Waals surface area contributed by atoms with E-state index >= 15 is 0 Å². The molecule has 0 radical (unpaired) electrons. The summed E-state index contributed by atoms with van der Waals surface area (Å²) >= 11 is 0. The van der Waals surface area contributed by atoms with E-state index in [4.69, 9.17) is 9.15 Å². The number of ketones is 2. The molecule has 0 aliphatic heterocycles. The Morgan fingerprint density at radius 1 is 1.05 bits per heavy atom. The Balaban J connectivity index is 2.18. The molecule has 1 heterocycles. The van der Waals surface area contributed by atoms with Crippen molar-refractivity contribution in [2.24, 2.45) is 0 Å². The third kappa shape index (κ3) is 1.64. The van der Waals surface area contributed by atoms with Gasteiger partial charge in [-0.3, -0.25) is 9.59 Å². The zero-order chi connectivity index (χ0) is 13.6. The van der Waals surface area contributed by atoms with E-state index in [1.54, 1.807) is 44.4 Å². The first-order valence-corrected chi connectivity index (χ1v) is 5.98. The van der Waals surface area contributed by atoms with Gasteiger partial charge in [-0.15, -0.1) is 0 Å². The summed E-state index contributed by atoms with van der Waals surface area (Å²) < 4.78 is 10.6. The first-order chi connectivity index (χ1) is 9.13. The third-order valence-electron chi connectivity index (χ3n) is 3.37. The van der Waals surface area contributed by atoms with Gasteiger partial charge >= 0.3 is 0 Å². The molecule has 3 rings (SSSR count). The summed E-state index contributed by atoms with van der Waals surface area (Å²) in [5.74, 6) is 0.174. The van der Waals surface area contributed by atoms with Crippen LogP contribution in [-0.4, -0.2) is 18.7 Å². The van der Waals surface area contributed by atoms with Crippen LogP contribution in [0.3, 0.4) is 0 Å². The van der Waals surface area contributed by atoms with Crippen LogP contribution >= 0.6 is 0 Å². The Kier molecular flexibility index (Phi) is 2.61. The summed E-state index contributed by atoms with van der Waals surface area (Å²) in [7, 11) is 1.55. The second-order valence-corrected chi connectivity index (χ2v) is 4.47. The van der Waals surface area contributed by atoms with Crippen LogP contribution in [0.1, 0.15) is 50.8 Å². The van der Waals surface area contributed by atoms with Gasteiger partial charge in [-0.1, -0.05) is 24.3 Å². The van der Waals surface area contributed by atoms with E-state index in [0.717, 1.165) is 0 Å². The van der Waals surface area contributed by atoms with Crippen molar-refractivity contribution in [3.8, 4) is 0 Å². The Labute approximate surface area is 110 Å². The molecule has 4 heteroatoms. The number of hydrogen-bond donors (Lipinski definition) is 0. The quantitative estimate of drug-likeness (QED) is 0.707. The fourth-order valence-electron chi connectivity index (χ4n) is 2.21. The molecule has 2 aromatic rings. The number of carbonyl (C=O) groups excluding carboxylic acids is 2. The number of ether oxygens (including phenoxy) is 1. The largest absolute Gasteiger partial charge is 0.454 e. The molecule has 1 unspecified atom stereocenters. The van der Waals surface area contributed by atoms with Gasteiger partial charge in [0.05, 0.1) is 5.56 Å². The maximum Gasteiger partial charge on any atom is 0.229 e. The van der Waals surface area contributed by atoms with Crippen molar-refractivity contribution >= 4 is 11.6 Å². The molecule has 0 fully saturated rings. The Hall–Kier alpha value is -2.20. The fraction of sp³-hybridized carbons (Fsp3) is 0.200. The first kappa shape index (κ1) is 11.9. The van der Waals surface area contributed by atoms with Crippen LogP contribution in [-0.2, 0) is 4.74 Å². The van der Waals surface area contributed by atoms with Crippen molar-refractivity contribution in [1.82, 2.24) is 0 Å². The lowest BCUT2D eigenvalue weighted by atomic mass is 9.88. The number of rotatable bonds is 2. The van der Waals surface area contributed by atoms with E-state index in [9.17, 15) is 9.59 Å². The maximum absolute atomic E-state index is 12.3. The molecule has 0 amide bonds. The van der Waals surface area contributed by atoms with Crippen molar-refractivity contribution < 1.29 is 18.7 Å². The molecule has 0 bridgehead atoms. The van der Waals surface area contributed by atoms with Crippen molar-refractivity contribution in [3.05, 3.63) is 58.5 Å². The summed E-state index contributed by atoms with van der Waals surface area (Å²) in [5.41, 5.74) is 1.14. The molecule has 1 aromatic carbocycles. The highest BCUT2D eigenvalue weighted by atomic mass is 16.5. The fourth-order valence-corrected chi connectivity index (χ4v) is 2.21. The SMILES string of the molecule is COC(C)c1cc2c(o1)C(=O)c1ccccc1C2=O. The average Bonchev–Trinajstić information content (AvgIpc) is 2.89. The van der Waals surface area contributed by atoms with Crippen LogP contribution in [0.25, 0.3) is 0 Å². The molecule has 0 saturated heterocycles. The molecule has 1 aromatic heterocycles. The Bertz CT molecular complexity index is 629. The zero-order valence-electron chi connectivity index (χ0n) is 10.6. The predicted molar refractivity (Wildman–Crippen MR) is 67.4 cm³/mol. The lowest BCUT2D eigenvalue weighted by Gasteiger charge is -2.11. The second-order valence-electron chi connectivity index (χ2n) is 4.47. The summed E-state index contributed by atoms with van der Waals surface area (Å²) in [6, 6.07) is 8.37. The minimum atomic E-state index is -0.297. The van der Waals surface area contributed by atoms with Gasteiger partial charge in [0, 0.05) is 18.2 Å². The molecule has 1 atom stereocenters. The lowest BCUT2D eigenvalue weighted by Crippen LogP contribution is -2.18.